The van der Waals surface area contributed by atoms with Gasteiger partial charge in [-0.1, -0.05) is 37.6 Å². The van der Waals surface area contributed by atoms with Crippen LogP contribution in [-0.2, 0) is 0 Å². The first kappa shape index (κ1) is 14.9. The summed E-state index contributed by atoms with van der Waals surface area (Å²) in [6, 6.07) is 8.64. The van der Waals surface area contributed by atoms with Gasteiger partial charge >= 0.3 is 0 Å². The Morgan fingerprint density at radius 3 is 2.47 bits per heavy atom. The van der Waals surface area contributed by atoms with Crippen LogP contribution in [0.2, 0.25) is 5.02 Å². The van der Waals surface area contributed by atoms with Gasteiger partial charge in [0.25, 0.3) is 0 Å². The normalized spacial score (nSPS) is 14.6. The van der Waals surface area contributed by atoms with E-state index in [2.05, 4.69) is 37.6 Å². The second-order valence-corrected chi connectivity index (χ2v) is 5.76. The average Bonchev–Trinajstić information content (AvgIpc) is 2.32. The molecule has 0 bridgehead atoms. The molecular formula is C14H22ClNS. The Morgan fingerprint density at radius 2 is 1.94 bits per heavy atom. The molecule has 1 nitrogen and oxygen atoms in total. The van der Waals surface area contributed by atoms with Gasteiger partial charge in [-0.05, 0) is 48.6 Å². The summed E-state index contributed by atoms with van der Waals surface area (Å²) < 4.78 is 0. The van der Waals surface area contributed by atoms with E-state index in [1.54, 1.807) is 0 Å². The third-order valence-electron chi connectivity index (χ3n) is 2.84. The Balaban J connectivity index is 2.77. The second kappa shape index (κ2) is 8.02. The Kier molecular flexibility index (Phi) is 7.02. The SMILES string of the molecule is CCCNC(c1ccc(Cl)cc1)C(C)CSC. The van der Waals surface area contributed by atoms with Gasteiger partial charge in [0, 0.05) is 11.1 Å². The number of hydrogen-bond acceptors (Lipinski definition) is 2. The maximum Gasteiger partial charge on any atom is 0.0406 e. The zero-order chi connectivity index (χ0) is 12.7. The lowest BCUT2D eigenvalue weighted by atomic mass is 9.96. The van der Waals surface area contributed by atoms with Crippen LogP contribution in [0, 0.1) is 5.92 Å². The van der Waals surface area contributed by atoms with Crippen molar-refractivity contribution in [1.29, 1.82) is 0 Å². The van der Waals surface area contributed by atoms with E-state index < -0.39 is 0 Å². The molecule has 0 radical (unpaired) electrons. The molecule has 0 amide bonds. The maximum absolute atomic E-state index is 5.94. The summed E-state index contributed by atoms with van der Waals surface area (Å²) in [5, 5.41) is 4.44. The highest BCUT2D eigenvalue weighted by Crippen LogP contribution is 2.25. The summed E-state index contributed by atoms with van der Waals surface area (Å²) in [5.41, 5.74) is 1.34. The number of rotatable bonds is 7. The van der Waals surface area contributed by atoms with Crippen molar-refractivity contribution in [3.05, 3.63) is 34.9 Å². The van der Waals surface area contributed by atoms with Gasteiger partial charge in [0.2, 0.25) is 0 Å². The van der Waals surface area contributed by atoms with E-state index in [-0.39, 0.29) is 0 Å². The zero-order valence-corrected chi connectivity index (χ0v) is 12.4. The Morgan fingerprint density at radius 1 is 1.29 bits per heavy atom. The monoisotopic (exact) mass is 271 g/mol. The molecule has 0 fully saturated rings. The number of halogens is 1. The highest BCUT2D eigenvalue weighted by Gasteiger charge is 2.17. The van der Waals surface area contributed by atoms with E-state index in [0.717, 1.165) is 18.0 Å². The van der Waals surface area contributed by atoms with Crippen LogP contribution in [0.25, 0.3) is 0 Å². The fraction of sp³-hybridized carbons (Fsp3) is 0.571. The first-order chi connectivity index (χ1) is 8.19. The van der Waals surface area contributed by atoms with Gasteiger partial charge in [-0.2, -0.15) is 11.8 Å². The van der Waals surface area contributed by atoms with Gasteiger partial charge in [-0.25, -0.2) is 0 Å². The van der Waals surface area contributed by atoms with Crippen molar-refractivity contribution in [3.63, 3.8) is 0 Å². The third-order valence-corrected chi connectivity index (χ3v) is 3.95. The topological polar surface area (TPSA) is 12.0 Å². The Bertz CT molecular complexity index is 313. The van der Waals surface area contributed by atoms with Crippen molar-refractivity contribution in [1.82, 2.24) is 5.32 Å². The molecule has 1 N–H and O–H groups in total. The molecule has 2 unspecified atom stereocenters. The maximum atomic E-state index is 5.94. The smallest absolute Gasteiger partial charge is 0.0406 e. The summed E-state index contributed by atoms with van der Waals surface area (Å²) in [4.78, 5) is 0. The van der Waals surface area contributed by atoms with Crippen molar-refractivity contribution in [2.75, 3.05) is 18.6 Å². The number of benzene rings is 1. The van der Waals surface area contributed by atoms with Crippen LogP contribution in [0.3, 0.4) is 0 Å². The quantitative estimate of drug-likeness (QED) is 0.790. The molecule has 1 rings (SSSR count). The summed E-state index contributed by atoms with van der Waals surface area (Å²) in [6.07, 6.45) is 3.32. The van der Waals surface area contributed by atoms with Gasteiger partial charge in [0.1, 0.15) is 0 Å². The lowest BCUT2D eigenvalue weighted by Gasteiger charge is -2.25. The van der Waals surface area contributed by atoms with Gasteiger partial charge in [-0.15, -0.1) is 0 Å². The van der Waals surface area contributed by atoms with E-state index in [0.29, 0.717) is 12.0 Å². The van der Waals surface area contributed by atoms with Crippen molar-refractivity contribution in [2.45, 2.75) is 26.3 Å². The fourth-order valence-corrected chi connectivity index (χ4v) is 2.82. The minimum atomic E-state index is 0.430. The van der Waals surface area contributed by atoms with Crippen LogP contribution >= 0.6 is 23.4 Å². The summed E-state index contributed by atoms with van der Waals surface area (Å²) in [5.74, 6) is 1.79. The molecule has 0 aliphatic heterocycles. The second-order valence-electron chi connectivity index (χ2n) is 4.42. The first-order valence-corrected chi connectivity index (χ1v) is 7.94. The van der Waals surface area contributed by atoms with E-state index in [1.165, 1.54) is 11.3 Å². The summed E-state index contributed by atoms with van der Waals surface area (Å²) in [7, 11) is 0. The first-order valence-electron chi connectivity index (χ1n) is 6.16. The van der Waals surface area contributed by atoms with Crippen molar-refractivity contribution < 1.29 is 0 Å². The van der Waals surface area contributed by atoms with Gasteiger partial charge in [0.15, 0.2) is 0 Å². The Labute approximate surface area is 114 Å². The highest BCUT2D eigenvalue weighted by atomic mass is 35.5. The molecule has 1 aromatic carbocycles. The van der Waals surface area contributed by atoms with Crippen LogP contribution in [0.5, 0.6) is 0 Å². The van der Waals surface area contributed by atoms with Crippen LogP contribution in [-0.4, -0.2) is 18.6 Å². The van der Waals surface area contributed by atoms with E-state index in [1.807, 2.05) is 23.9 Å². The molecule has 0 aliphatic carbocycles. The van der Waals surface area contributed by atoms with E-state index in [9.17, 15) is 0 Å². The standard InChI is InChI=1S/C14H22ClNS/c1-4-9-16-14(11(2)10-17-3)12-5-7-13(15)8-6-12/h5-8,11,14,16H,4,9-10H2,1-3H3. The van der Waals surface area contributed by atoms with Gasteiger partial charge in [-0.3, -0.25) is 0 Å². The van der Waals surface area contributed by atoms with Crippen molar-refractivity contribution >= 4 is 23.4 Å². The van der Waals surface area contributed by atoms with E-state index >= 15 is 0 Å². The molecule has 1 aromatic rings. The minimum absolute atomic E-state index is 0.430. The van der Waals surface area contributed by atoms with Crippen LogP contribution in [0.1, 0.15) is 31.9 Å². The average molecular weight is 272 g/mol. The number of hydrogen-bond donors (Lipinski definition) is 1. The molecule has 3 heteroatoms. The third kappa shape index (κ3) is 4.90. The van der Waals surface area contributed by atoms with Crippen LogP contribution in [0.4, 0.5) is 0 Å². The molecule has 17 heavy (non-hydrogen) atoms. The zero-order valence-electron chi connectivity index (χ0n) is 10.9. The molecule has 0 aromatic heterocycles. The lowest BCUT2D eigenvalue weighted by Crippen LogP contribution is -2.28. The molecule has 0 heterocycles. The van der Waals surface area contributed by atoms with Crippen molar-refractivity contribution in [3.8, 4) is 0 Å². The van der Waals surface area contributed by atoms with Crippen molar-refractivity contribution in [2.24, 2.45) is 5.92 Å². The molecular weight excluding hydrogens is 250 g/mol. The molecule has 0 saturated heterocycles. The molecule has 2 atom stereocenters. The minimum Gasteiger partial charge on any atom is -0.310 e. The van der Waals surface area contributed by atoms with E-state index in [4.69, 9.17) is 11.6 Å². The number of thioether (sulfide) groups is 1. The largest absolute Gasteiger partial charge is 0.310 e. The predicted molar refractivity (Wildman–Crippen MR) is 80.0 cm³/mol. The van der Waals surface area contributed by atoms with Crippen LogP contribution in [0.15, 0.2) is 24.3 Å². The molecule has 96 valence electrons. The molecule has 0 spiro atoms. The summed E-state index contributed by atoms with van der Waals surface area (Å²) in [6.45, 7) is 5.57. The predicted octanol–water partition coefficient (Wildman–Crippen LogP) is 4.38. The fourth-order valence-electron chi connectivity index (χ4n) is 1.98. The Hall–Kier alpha value is -0.180. The summed E-state index contributed by atoms with van der Waals surface area (Å²) >= 11 is 7.84. The lowest BCUT2D eigenvalue weighted by molar-refractivity contribution is 0.418. The molecule has 0 aliphatic rings. The van der Waals surface area contributed by atoms with Crippen LogP contribution < -0.4 is 5.32 Å². The highest BCUT2D eigenvalue weighted by molar-refractivity contribution is 7.98. The molecule has 0 saturated carbocycles. The van der Waals surface area contributed by atoms with Gasteiger partial charge < -0.3 is 5.32 Å². The van der Waals surface area contributed by atoms with Gasteiger partial charge in [0.05, 0.1) is 0 Å². The number of nitrogens with one attached hydrogen (secondary N) is 1.